The van der Waals surface area contributed by atoms with Crippen molar-refractivity contribution in [2.75, 3.05) is 6.61 Å². The Kier molecular flexibility index (Phi) is 4.68. The molecule has 2 N–H and O–H groups in total. The smallest absolute Gasteiger partial charge is 0.0649 e. The van der Waals surface area contributed by atoms with Crippen molar-refractivity contribution in [3.05, 3.63) is 48.3 Å². The van der Waals surface area contributed by atoms with Crippen molar-refractivity contribution in [2.24, 2.45) is 5.73 Å². The van der Waals surface area contributed by atoms with Gasteiger partial charge in [-0.1, -0.05) is 18.2 Å². The monoisotopic (exact) mass is 285 g/mol. The molecule has 2 heterocycles. The highest BCUT2D eigenvalue weighted by molar-refractivity contribution is 5.33. The minimum atomic E-state index is -0.00164. The highest BCUT2D eigenvalue weighted by Gasteiger charge is 2.18. The van der Waals surface area contributed by atoms with Crippen LogP contribution in [0.3, 0.4) is 0 Å². The summed E-state index contributed by atoms with van der Waals surface area (Å²) in [6.07, 6.45) is 7.82. The zero-order valence-electron chi connectivity index (χ0n) is 12.3. The maximum atomic E-state index is 6.38. The molecule has 2 aromatic rings. The molecule has 112 valence electrons. The number of para-hydroxylation sites is 1. The number of benzene rings is 1. The van der Waals surface area contributed by atoms with Gasteiger partial charge in [0.05, 0.1) is 17.5 Å². The van der Waals surface area contributed by atoms with Crippen LogP contribution >= 0.6 is 0 Å². The van der Waals surface area contributed by atoms with Crippen LogP contribution in [0.2, 0.25) is 0 Å². The Morgan fingerprint density at radius 3 is 2.86 bits per heavy atom. The molecule has 1 aliphatic rings. The highest BCUT2D eigenvalue weighted by atomic mass is 16.5. The first kappa shape index (κ1) is 14.3. The molecule has 0 bridgehead atoms. The van der Waals surface area contributed by atoms with E-state index in [1.165, 1.54) is 19.3 Å². The van der Waals surface area contributed by atoms with E-state index in [9.17, 15) is 0 Å². The Balaban J connectivity index is 1.65. The fraction of sp³-hybridized carbons (Fsp3) is 0.471. The van der Waals surface area contributed by atoms with Crippen LogP contribution in [0.1, 0.15) is 43.8 Å². The molecular formula is C17H23N3O. The van der Waals surface area contributed by atoms with Crippen LogP contribution in [0.5, 0.6) is 0 Å². The predicted molar refractivity (Wildman–Crippen MR) is 83.3 cm³/mol. The molecule has 0 saturated carbocycles. The molecule has 2 atom stereocenters. The molecule has 1 aliphatic heterocycles. The third-order valence-corrected chi connectivity index (χ3v) is 4.13. The summed E-state index contributed by atoms with van der Waals surface area (Å²) in [6.45, 7) is 0.905. The third kappa shape index (κ3) is 3.52. The highest BCUT2D eigenvalue weighted by Crippen LogP contribution is 2.23. The lowest BCUT2D eigenvalue weighted by Gasteiger charge is -2.24. The number of ether oxygens (including phenoxy) is 1. The molecule has 1 fully saturated rings. The third-order valence-electron chi connectivity index (χ3n) is 4.13. The fourth-order valence-corrected chi connectivity index (χ4v) is 2.93. The largest absolute Gasteiger partial charge is 0.378 e. The minimum absolute atomic E-state index is 0.00164. The first-order valence-corrected chi connectivity index (χ1v) is 7.81. The Bertz CT molecular complexity index is 546. The summed E-state index contributed by atoms with van der Waals surface area (Å²) in [5.41, 5.74) is 8.50. The van der Waals surface area contributed by atoms with Crippen molar-refractivity contribution in [1.82, 2.24) is 9.78 Å². The van der Waals surface area contributed by atoms with Gasteiger partial charge in [0.25, 0.3) is 0 Å². The zero-order chi connectivity index (χ0) is 14.5. The topological polar surface area (TPSA) is 53.1 Å². The van der Waals surface area contributed by atoms with Crippen LogP contribution in [-0.2, 0) is 4.74 Å². The van der Waals surface area contributed by atoms with Crippen molar-refractivity contribution in [3.8, 4) is 5.69 Å². The Labute approximate surface area is 125 Å². The van der Waals surface area contributed by atoms with Crippen molar-refractivity contribution >= 4 is 0 Å². The first-order valence-electron chi connectivity index (χ1n) is 7.81. The van der Waals surface area contributed by atoms with E-state index < -0.39 is 0 Å². The predicted octanol–water partition coefficient (Wildman–Crippen LogP) is 3.22. The van der Waals surface area contributed by atoms with E-state index in [4.69, 9.17) is 10.5 Å². The molecular weight excluding hydrogens is 262 g/mol. The van der Waals surface area contributed by atoms with Crippen molar-refractivity contribution < 1.29 is 4.74 Å². The van der Waals surface area contributed by atoms with Crippen LogP contribution in [0.25, 0.3) is 5.69 Å². The molecule has 1 aromatic carbocycles. The quantitative estimate of drug-likeness (QED) is 0.917. The van der Waals surface area contributed by atoms with E-state index >= 15 is 0 Å². The van der Waals surface area contributed by atoms with Crippen LogP contribution in [0.15, 0.2) is 42.6 Å². The average molecular weight is 285 g/mol. The van der Waals surface area contributed by atoms with Gasteiger partial charge < -0.3 is 10.5 Å². The number of aromatic nitrogens is 2. The maximum absolute atomic E-state index is 6.38. The second-order valence-corrected chi connectivity index (χ2v) is 5.68. The van der Waals surface area contributed by atoms with Gasteiger partial charge in [0.15, 0.2) is 0 Å². The van der Waals surface area contributed by atoms with Gasteiger partial charge in [0.2, 0.25) is 0 Å². The summed E-state index contributed by atoms with van der Waals surface area (Å²) in [6, 6.07) is 12.1. The lowest BCUT2D eigenvalue weighted by molar-refractivity contribution is 0.00904. The summed E-state index contributed by atoms with van der Waals surface area (Å²) in [5.74, 6) is 0. The molecule has 4 heteroatoms. The zero-order valence-corrected chi connectivity index (χ0v) is 12.3. The Morgan fingerprint density at radius 1 is 1.24 bits per heavy atom. The van der Waals surface area contributed by atoms with E-state index in [1.807, 2.05) is 47.3 Å². The summed E-state index contributed by atoms with van der Waals surface area (Å²) >= 11 is 0. The van der Waals surface area contributed by atoms with Gasteiger partial charge >= 0.3 is 0 Å². The van der Waals surface area contributed by atoms with Crippen LogP contribution < -0.4 is 5.73 Å². The van der Waals surface area contributed by atoms with Crippen molar-refractivity contribution in [3.63, 3.8) is 0 Å². The summed E-state index contributed by atoms with van der Waals surface area (Å²) in [4.78, 5) is 0. The molecule has 0 aliphatic carbocycles. The Morgan fingerprint density at radius 2 is 2.10 bits per heavy atom. The van der Waals surface area contributed by atoms with E-state index in [2.05, 4.69) is 5.10 Å². The summed E-state index contributed by atoms with van der Waals surface area (Å²) < 4.78 is 7.72. The van der Waals surface area contributed by atoms with Crippen LogP contribution in [-0.4, -0.2) is 22.5 Å². The van der Waals surface area contributed by atoms with E-state index in [0.717, 1.165) is 30.8 Å². The first-order chi connectivity index (χ1) is 10.3. The van der Waals surface area contributed by atoms with Gasteiger partial charge in [0, 0.05) is 18.8 Å². The Hall–Kier alpha value is -1.65. The lowest BCUT2D eigenvalue weighted by Crippen LogP contribution is -2.22. The maximum Gasteiger partial charge on any atom is 0.0649 e. The van der Waals surface area contributed by atoms with Gasteiger partial charge in [-0.05, 0) is 50.3 Å². The second-order valence-electron chi connectivity index (χ2n) is 5.68. The average Bonchev–Trinajstić information content (AvgIpc) is 3.04. The van der Waals surface area contributed by atoms with E-state index in [0.29, 0.717) is 6.10 Å². The van der Waals surface area contributed by atoms with Crippen molar-refractivity contribution in [2.45, 2.75) is 44.2 Å². The van der Waals surface area contributed by atoms with Gasteiger partial charge in [-0.3, -0.25) is 0 Å². The summed E-state index contributed by atoms with van der Waals surface area (Å²) in [5, 5.41) is 4.41. The molecule has 4 nitrogen and oxygen atoms in total. The fourth-order valence-electron chi connectivity index (χ4n) is 2.93. The second kappa shape index (κ2) is 6.87. The van der Waals surface area contributed by atoms with Gasteiger partial charge in [-0.15, -0.1) is 0 Å². The SMILES string of the molecule is NC(CCC1CCCCO1)c1ccnn1-c1ccccc1. The number of hydrogen-bond acceptors (Lipinski definition) is 3. The molecule has 2 unspecified atom stereocenters. The van der Waals surface area contributed by atoms with Crippen LogP contribution in [0, 0.1) is 0 Å². The summed E-state index contributed by atoms with van der Waals surface area (Å²) in [7, 11) is 0. The molecule has 0 amide bonds. The molecule has 0 radical (unpaired) electrons. The van der Waals surface area contributed by atoms with E-state index in [-0.39, 0.29) is 6.04 Å². The van der Waals surface area contributed by atoms with Gasteiger partial charge in [-0.25, -0.2) is 4.68 Å². The van der Waals surface area contributed by atoms with Crippen molar-refractivity contribution in [1.29, 1.82) is 0 Å². The number of nitrogens with zero attached hydrogens (tertiary/aromatic N) is 2. The minimum Gasteiger partial charge on any atom is -0.378 e. The lowest BCUT2D eigenvalue weighted by atomic mass is 10.0. The van der Waals surface area contributed by atoms with Crippen LogP contribution in [0.4, 0.5) is 0 Å². The number of nitrogens with two attached hydrogens (primary N) is 1. The molecule has 21 heavy (non-hydrogen) atoms. The molecule has 1 saturated heterocycles. The molecule has 0 spiro atoms. The number of rotatable bonds is 5. The normalized spacial score (nSPS) is 20.3. The van der Waals surface area contributed by atoms with E-state index in [1.54, 1.807) is 0 Å². The van der Waals surface area contributed by atoms with Gasteiger partial charge in [0.1, 0.15) is 0 Å². The standard InChI is InChI=1S/C17H23N3O/c18-16(10-9-15-8-4-5-13-21-15)17-11-12-19-20(17)14-6-2-1-3-7-14/h1-3,6-7,11-12,15-16H,4-5,8-10,13,18H2. The molecule has 3 rings (SSSR count). The molecule has 1 aromatic heterocycles. The number of hydrogen-bond donors (Lipinski definition) is 1. The van der Waals surface area contributed by atoms with Gasteiger partial charge in [-0.2, -0.15) is 5.10 Å².